The summed E-state index contributed by atoms with van der Waals surface area (Å²) >= 11 is 0. The lowest BCUT2D eigenvalue weighted by molar-refractivity contribution is -0.156. The van der Waals surface area contributed by atoms with Crippen LogP contribution in [0, 0.1) is 5.92 Å². The maximum atomic E-state index is 11.4. The van der Waals surface area contributed by atoms with Gasteiger partial charge < -0.3 is 20.3 Å². The van der Waals surface area contributed by atoms with Crippen LogP contribution in [-0.2, 0) is 19.1 Å². The number of hydrogen-bond donors (Lipinski definition) is 3. The van der Waals surface area contributed by atoms with Crippen molar-refractivity contribution < 1.29 is 29.3 Å². The van der Waals surface area contributed by atoms with E-state index in [4.69, 9.17) is 14.9 Å². The molecule has 1 rings (SSSR count). The molecule has 0 aromatic heterocycles. The molecular weight excluding hydrogens is 218 g/mol. The van der Waals surface area contributed by atoms with Gasteiger partial charge in [-0.1, -0.05) is 6.92 Å². The summed E-state index contributed by atoms with van der Waals surface area (Å²) < 4.78 is 5.02. The molecule has 1 saturated heterocycles. The molecule has 16 heavy (non-hydrogen) atoms. The van der Waals surface area contributed by atoms with Crippen LogP contribution in [0.4, 0.5) is 0 Å². The lowest BCUT2D eigenvalue weighted by Gasteiger charge is -2.32. The smallest absolute Gasteiger partial charge is 0.329 e. The highest BCUT2D eigenvalue weighted by Crippen LogP contribution is 2.35. The Balaban J connectivity index is 3.14. The third-order valence-electron chi connectivity index (χ3n) is 2.96. The topological polar surface area (TPSA) is 113 Å². The van der Waals surface area contributed by atoms with Crippen molar-refractivity contribution in [2.24, 2.45) is 5.92 Å². The summed E-state index contributed by atoms with van der Waals surface area (Å²) in [5.74, 6) is -3.86. The van der Waals surface area contributed by atoms with Gasteiger partial charge in [0, 0.05) is 7.11 Å². The standard InChI is InChI=1S/C9H13NO6/c1-4-7(13)10-6(8(14)15)9(4,16-2)3-5(11)12/h4,6H,3H2,1-2H3,(H,10,13)(H,11,12)(H,14,15)/t4-,6+,9-/m1/s1. The van der Waals surface area contributed by atoms with Gasteiger partial charge in [-0.25, -0.2) is 4.79 Å². The molecule has 3 N–H and O–H groups in total. The number of methoxy groups -OCH3 is 1. The summed E-state index contributed by atoms with van der Waals surface area (Å²) in [5, 5.41) is 19.9. The normalized spacial score (nSPS) is 33.5. The van der Waals surface area contributed by atoms with Gasteiger partial charge in [0.15, 0.2) is 6.04 Å². The summed E-state index contributed by atoms with van der Waals surface area (Å²) in [6.07, 6.45) is -0.541. The highest BCUT2D eigenvalue weighted by atomic mass is 16.5. The minimum absolute atomic E-state index is 0.518. The first-order chi connectivity index (χ1) is 7.35. The average Bonchev–Trinajstić information content (AvgIpc) is 2.42. The van der Waals surface area contributed by atoms with E-state index < -0.39 is 41.8 Å². The molecular formula is C9H13NO6. The van der Waals surface area contributed by atoms with Crippen LogP contribution in [0.15, 0.2) is 0 Å². The molecule has 1 heterocycles. The molecule has 1 amide bonds. The second-order valence-corrected chi connectivity index (χ2v) is 3.73. The Morgan fingerprint density at radius 3 is 2.44 bits per heavy atom. The number of nitrogens with one attached hydrogen (secondary N) is 1. The van der Waals surface area contributed by atoms with Gasteiger partial charge >= 0.3 is 11.9 Å². The molecule has 3 atom stereocenters. The summed E-state index contributed by atoms with van der Waals surface area (Å²) in [7, 11) is 1.20. The van der Waals surface area contributed by atoms with E-state index in [1.807, 2.05) is 0 Å². The fraction of sp³-hybridized carbons (Fsp3) is 0.667. The summed E-state index contributed by atoms with van der Waals surface area (Å²) in [4.78, 5) is 33.1. The van der Waals surface area contributed by atoms with Crippen molar-refractivity contribution in [2.45, 2.75) is 25.0 Å². The molecule has 0 unspecified atom stereocenters. The van der Waals surface area contributed by atoms with Gasteiger partial charge in [-0.15, -0.1) is 0 Å². The molecule has 0 radical (unpaired) electrons. The molecule has 1 aliphatic rings. The fourth-order valence-electron chi connectivity index (χ4n) is 1.99. The van der Waals surface area contributed by atoms with Gasteiger partial charge in [-0.2, -0.15) is 0 Å². The molecule has 0 saturated carbocycles. The number of carboxylic acid groups (broad SMARTS) is 2. The Kier molecular flexibility index (Phi) is 3.18. The predicted octanol–water partition coefficient (Wildman–Crippen LogP) is -0.935. The van der Waals surface area contributed by atoms with E-state index in [-0.39, 0.29) is 0 Å². The first kappa shape index (κ1) is 12.4. The number of hydrogen-bond acceptors (Lipinski definition) is 4. The van der Waals surface area contributed by atoms with E-state index in [1.54, 1.807) is 0 Å². The number of carbonyl (C=O) groups excluding carboxylic acids is 1. The van der Waals surface area contributed by atoms with E-state index in [0.717, 1.165) is 0 Å². The van der Waals surface area contributed by atoms with Gasteiger partial charge in [0.05, 0.1) is 12.3 Å². The molecule has 0 aromatic rings. The van der Waals surface area contributed by atoms with Gasteiger partial charge in [0.25, 0.3) is 0 Å². The largest absolute Gasteiger partial charge is 0.481 e. The number of rotatable bonds is 4. The quantitative estimate of drug-likeness (QED) is 0.575. The molecule has 1 fully saturated rings. The van der Waals surface area contributed by atoms with E-state index in [1.165, 1.54) is 14.0 Å². The van der Waals surface area contributed by atoms with E-state index in [2.05, 4.69) is 5.32 Å². The van der Waals surface area contributed by atoms with Gasteiger partial charge in [0.1, 0.15) is 5.60 Å². The second-order valence-electron chi connectivity index (χ2n) is 3.73. The Morgan fingerprint density at radius 2 is 2.06 bits per heavy atom. The number of ether oxygens (including phenoxy) is 1. The molecule has 0 spiro atoms. The zero-order valence-electron chi connectivity index (χ0n) is 8.89. The molecule has 0 aliphatic carbocycles. The van der Waals surface area contributed by atoms with E-state index >= 15 is 0 Å². The lowest BCUT2D eigenvalue weighted by atomic mass is 9.83. The van der Waals surface area contributed by atoms with Crippen LogP contribution >= 0.6 is 0 Å². The zero-order valence-corrected chi connectivity index (χ0v) is 8.89. The summed E-state index contributed by atoms with van der Waals surface area (Å²) in [5.41, 5.74) is -1.53. The summed E-state index contributed by atoms with van der Waals surface area (Å²) in [6, 6.07) is -1.34. The maximum Gasteiger partial charge on any atom is 0.329 e. The van der Waals surface area contributed by atoms with Gasteiger partial charge in [-0.3, -0.25) is 9.59 Å². The van der Waals surface area contributed by atoms with Crippen LogP contribution < -0.4 is 5.32 Å². The molecule has 0 aromatic carbocycles. The highest BCUT2D eigenvalue weighted by Gasteiger charge is 2.57. The summed E-state index contributed by atoms with van der Waals surface area (Å²) in [6.45, 7) is 1.45. The van der Waals surface area contributed by atoms with Gasteiger partial charge in [-0.05, 0) is 0 Å². The van der Waals surface area contributed by atoms with Crippen molar-refractivity contribution in [1.82, 2.24) is 5.32 Å². The van der Waals surface area contributed by atoms with Crippen molar-refractivity contribution in [1.29, 1.82) is 0 Å². The Bertz CT molecular complexity index is 341. The first-order valence-electron chi connectivity index (χ1n) is 4.65. The molecule has 7 heteroatoms. The number of amides is 1. The Morgan fingerprint density at radius 1 is 1.50 bits per heavy atom. The van der Waals surface area contributed by atoms with Crippen LogP contribution in [0.2, 0.25) is 0 Å². The zero-order chi connectivity index (χ0) is 12.5. The second kappa shape index (κ2) is 4.09. The molecule has 90 valence electrons. The first-order valence-corrected chi connectivity index (χ1v) is 4.65. The third-order valence-corrected chi connectivity index (χ3v) is 2.96. The average molecular weight is 231 g/mol. The maximum absolute atomic E-state index is 11.4. The van der Waals surface area contributed by atoms with Gasteiger partial charge in [0.2, 0.25) is 5.91 Å². The Hall–Kier alpha value is -1.63. The van der Waals surface area contributed by atoms with Crippen LogP contribution in [0.1, 0.15) is 13.3 Å². The monoisotopic (exact) mass is 231 g/mol. The number of carboxylic acids is 2. The van der Waals surface area contributed by atoms with Crippen molar-refractivity contribution >= 4 is 17.8 Å². The Labute approximate surface area is 91.4 Å². The number of aliphatic carboxylic acids is 2. The molecule has 0 bridgehead atoms. The number of carbonyl (C=O) groups is 3. The minimum Gasteiger partial charge on any atom is -0.481 e. The van der Waals surface area contributed by atoms with Crippen molar-refractivity contribution in [3.8, 4) is 0 Å². The predicted molar refractivity (Wildman–Crippen MR) is 50.7 cm³/mol. The van der Waals surface area contributed by atoms with Crippen LogP contribution in [-0.4, -0.2) is 46.8 Å². The van der Waals surface area contributed by atoms with Crippen molar-refractivity contribution in [3.05, 3.63) is 0 Å². The molecule has 7 nitrogen and oxygen atoms in total. The van der Waals surface area contributed by atoms with E-state index in [0.29, 0.717) is 0 Å². The van der Waals surface area contributed by atoms with Crippen LogP contribution in [0.25, 0.3) is 0 Å². The third kappa shape index (κ3) is 1.73. The SMILES string of the molecule is CO[C@]1(CC(=O)O)[C@H](C)C(=O)N[C@H]1C(=O)O. The van der Waals surface area contributed by atoms with Crippen LogP contribution in [0.3, 0.4) is 0 Å². The minimum atomic E-state index is -1.53. The fourth-order valence-corrected chi connectivity index (χ4v) is 1.99. The highest BCUT2D eigenvalue weighted by molar-refractivity contribution is 5.92. The van der Waals surface area contributed by atoms with Crippen LogP contribution in [0.5, 0.6) is 0 Å². The van der Waals surface area contributed by atoms with E-state index in [9.17, 15) is 14.4 Å². The lowest BCUT2D eigenvalue weighted by Crippen LogP contribution is -2.53. The van der Waals surface area contributed by atoms with Crippen molar-refractivity contribution in [3.63, 3.8) is 0 Å². The van der Waals surface area contributed by atoms with Crippen molar-refractivity contribution in [2.75, 3.05) is 7.11 Å². The molecule has 1 aliphatic heterocycles.